The Balaban J connectivity index is 3.08. The van der Waals surface area contributed by atoms with Gasteiger partial charge in [0.05, 0.1) is 22.7 Å². The lowest BCUT2D eigenvalue weighted by molar-refractivity contribution is -0.139. The number of hydrogen-bond donors (Lipinski definition) is 0. The molecule has 0 heterocycles. The van der Waals surface area contributed by atoms with E-state index in [1.807, 2.05) is 0 Å². The number of carbonyl (C=O) groups excluding carboxylic acids is 2. The third-order valence-electron chi connectivity index (χ3n) is 1.86. The van der Waals surface area contributed by atoms with Gasteiger partial charge in [0.2, 0.25) is 0 Å². The van der Waals surface area contributed by atoms with Crippen LogP contribution in [0.25, 0.3) is 0 Å². The van der Waals surface area contributed by atoms with Gasteiger partial charge in [-0.25, -0.2) is 4.39 Å². The van der Waals surface area contributed by atoms with Gasteiger partial charge in [-0.1, -0.05) is 23.2 Å². The average molecular weight is 265 g/mol. The van der Waals surface area contributed by atoms with Gasteiger partial charge in [0.25, 0.3) is 0 Å². The molecule has 1 aromatic carbocycles. The van der Waals surface area contributed by atoms with Gasteiger partial charge in [-0.15, -0.1) is 0 Å². The monoisotopic (exact) mass is 264 g/mol. The highest BCUT2D eigenvalue weighted by atomic mass is 35.5. The van der Waals surface area contributed by atoms with Crippen LogP contribution in [0, 0.1) is 5.82 Å². The van der Waals surface area contributed by atoms with E-state index in [-0.39, 0.29) is 15.6 Å². The maximum absolute atomic E-state index is 13.1. The first-order chi connectivity index (χ1) is 7.47. The third kappa shape index (κ3) is 2.71. The summed E-state index contributed by atoms with van der Waals surface area (Å²) in [5.41, 5.74) is -0.200. The molecule has 0 amide bonds. The van der Waals surface area contributed by atoms with Gasteiger partial charge in [-0.05, 0) is 12.1 Å². The molecule has 16 heavy (non-hydrogen) atoms. The SMILES string of the molecule is COC(=O)CC(=O)c1c(Cl)ccc(F)c1Cl. The predicted molar refractivity (Wildman–Crippen MR) is 57.4 cm³/mol. The third-order valence-corrected chi connectivity index (χ3v) is 2.54. The van der Waals surface area contributed by atoms with E-state index in [9.17, 15) is 14.0 Å². The number of ketones is 1. The first-order valence-corrected chi connectivity index (χ1v) is 4.96. The molecule has 6 heteroatoms. The number of ether oxygens (including phenoxy) is 1. The maximum atomic E-state index is 13.1. The Kier molecular flexibility index (Phi) is 4.26. The Morgan fingerprint density at radius 2 is 2.00 bits per heavy atom. The largest absolute Gasteiger partial charge is 0.469 e. The summed E-state index contributed by atoms with van der Waals surface area (Å²) in [6, 6.07) is 2.24. The highest BCUT2D eigenvalue weighted by Gasteiger charge is 2.20. The van der Waals surface area contributed by atoms with Crippen molar-refractivity contribution >= 4 is 35.0 Å². The van der Waals surface area contributed by atoms with Gasteiger partial charge >= 0.3 is 5.97 Å². The number of halogens is 3. The zero-order valence-electron chi connectivity index (χ0n) is 8.22. The quantitative estimate of drug-likeness (QED) is 0.365. The van der Waals surface area contributed by atoms with Crippen molar-refractivity contribution in [1.29, 1.82) is 0 Å². The van der Waals surface area contributed by atoms with E-state index < -0.39 is 24.0 Å². The molecule has 0 aromatic heterocycles. The fourth-order valence-corrected chi connectivity index (χ4v) is 1.66. The highest BCUT2D eigenvalue weighted by molar-refractivity contribution is 6.40. The van der Waals surface area contributed by atoms with Crippen LogP contribution >= 0.6 is 23.2 Å². The summed E-state index contributed by atoms with van der Waals surface area (Å²) in [6.45, 7) is 0. The molecular formula is C10H7Cl2FO3. The molecule has 0 unspecified atom stereocenters. The fraction of sp³-hybridized carbons (Fsp3) is 0.200. The second-order valence-corrected chi connectivity index (χ2v) is 3.68. The lowest BCUT2D eigenvalue weighted by Crippen LogP contribution is -2.11. The lowest BCUT2D eigenvalue weighted by atomic mass is 10.1. The van der Waals surface area contributed by atoms with Crippen LogP contribution < -0.4 is 0 Å². The van der Waals surface area contributed by atoms with E-state index in [4.69, 9.17) is 23.2 Å². The van der Waals surface area contributed by atoms with Crippen LogP contribution in [0.2, 0.25) is 10.0 Å². The fourth-order valence-electron chi connectivity index (χ4n) is 1.07. The summed E-state index contributed by atoms with van der Waals surface area (Å²) in [5.74, 6) is -2.18. The number of esters is 1. The Morgan fingerprint density at radius 3 is 2.56 bits per heavy atom. The predicted octanol–water partition coefficient (Wildman–Crippen LogP) is 2.88. The Bertz CT molecular complexity index is 446. The summed E-state index contributed by atoms with van der Waals surface area (Å²) < 4.78 is 17.4. The minimum Gasteiger partial charge on any atom is -0.469 e. The minimum absolute atomic E-state index is 0.000281. The molecule has 1 aromatic rings. The van der Waals surface area contributed by atoms with Gasteiger partial charge in [0.1, 0.15) is 12.2 Å². The van der Waals surface area contributed by atoms with Crippen molar-refractivity contribution in [3.63, 3.8) is 0 Å². The normalized spacial score (nSPS) is 10.0. The Morgan fingerprint density at radius 1 is 1.38 bits per heavy atom. The van der Waals surface area contributed by atoms with Gasteiger partial charge in [-0.3, -0.25) is 9.59 Å². The molecular weight excluding hydrogens is 258 g/mol. The molecule has 0 fully saturated rings. The number of benzene rings is 1. The summed E-state index contributed by atoms with van der Waals surface area (Å²) in [4.78, 5) is 22.5. The number of rotatable bonds is 3. The van der Waals surface area contributed by atoms with E-state index in [2.05, 4.69) is 4.74 Å². The van der Waals surface area contributed by atoms with Crippen LogP contribution in [-0.2, 0) is 9.53 Å². The van der Waals surface area contributed by atoms with Crippen molar-refractivity contribution in [2.75, 3.05) is 7.11 Å². The molecule has 1 rings (SSSR count). The highest BCUT2D eigenvalue weighted by Crippen LogP contribution is 2.28. The second-order valence-electron chi connectivity index (χ2n) is 2.89. The maximum Gasteiger partial charge on any atom is 0.313 e. The summed E-state index contributed by atoms with van der Waals surface area (Å²) in [6.07, 6.45) is -0.528. The molecule has 3 nitrogen and oxygen atoms in total. The average Bonchev–Trinajstić information content (AvgIpc) is 2.24. The van der Waals surface area contributed by atoms with Gasteiger partial charge in [0.15, 0.2) is 5.78 Å². The Hall–Kier alpha value is -1.13. The minimum atomic E-state index is -0.765. The molecule has 0 spiro atoms. The van der Waals surface area contributed by atoms with Crippen LogP contribution in [0.15, 0.2) is 12.1 Å². The van der Waals surface area contributed by atoms with Crippen molar-refractivity contribution < 1.29 is 18.7 Å². The van der Waals surface area contributed by atoms with E-state index in [1.165, 1.54) is 6.07 Å². The Labute approximate surface area is 101 Å². The van der Waals surface area contributed by atoms with Crippen LogP contribution in [0.1, 0.15) is 16.8 Å². The standard InChI is InChI=1S/C10H7Cl2FO3/c1-16-8(15)4-7(14)9-5(11)2-3-6(13)10(9)12/h2-3H,4H2,1H3. The van der Waals surface area contributed by atoms with E-state index in [0.717, 1.165) is 13.2 Å². The molecule has 0 aliphatic rings. The first kappa shape index (κ1) is 12.9. The van der Waals surface area contributed by atoms with Crippen LogP contribution in [-0.4, -0.2) is 18.9 Å². The first-order valence-electron chi connectivity index (χ1n) is 4.21. The zero-order valence-corrected chi connectivity index (χ0v) is 9.73. The molecule has 0 atom stereocenters. The molecule has 0 radical (unpaired) electrons. The van der Waals surface area contributed by atoms with E-state index in [1.54, 1.807) is 0 Å². The van der Waals surface area contributed by atoms with Crippen molar-refractivity contribution in [3.8, 4) is 0 Å². The smallest absolute Gasteiger partial charge is 0.313 e. The van der Waals surface area contributed by atoms with Crippen molar-refractivity contribution in [2.24, 2.45) is 0 Å². The van der Waals surface area contributed by atoms with E-state index >= 15 is 0 Å². The van der Waals surface area contributed by atoms with Crippen LogP contribution in [0.5, 0.6) is 0 Å². The number of Topliss-reactive ketones (excluding diaryl/α,β-unsaturated/α-hetero) is 1. The summed E-state index contributed by atoms with van der Waals surface area (Å²) in [5, 5.41) is -0.387. The molecule has 0 N–H and O–H groups in total. The number of hydrogen-bond acceptors (Lipinski definition) is 3. The molecule has 0 saturated carbocycles. The summed E-state index contributed by atoms with van der Waals surface area (Å²) in [7, 11) is 1.14. The molecule has 0 aliphatic heterocycles. The van der Waals surface area contributed by atoms with Crippen molar-refractivity contribution in [2.45, 2.75) is 6.42 Å². The van der Waals surface area contributed by atoms with Crippen molar-refractivity contribution in [3.05, 3.63) is 33.6 Å². The molecule has 0 bridgehead atoms. The second kappa shape index (κ2) is 5.27. The topological polar surface area (TPSA) is 43.4 Å². The van der Waals surface area contributed by atoms with Crippen LogP contribution in [0.3, 0.4) is 0 Å². The van der Waals surface area contributed by atoms with Gasteiger partial charge in [-0.2, -0.15) is 0 Å². The molecule has 0 aliphatic carbocycles. The van der Waals surface area contributed by atoms with E-state index in [0.29, 0.717) is 0 Å². The molecule has 0 saturated heterocycles. The lowest BCUT2D eigenvalue weighted by Gasteiger charge is -2.05. The van der Waals surface area contributed by atoms with Crippen molar-refractivity contribution in [1.82, 2.24) is 0 Å². The van der Waals surface area contributed by atoms with Gasteiger partial charge in [0, 0.05) is 0 Å². The summed E-state index contributed by atoms with van der Waals surface area (Å²) >= 11 is 11.3. The number of carbonyl (C=O) groups is 2. The molecule has 86 valence electrons. The zero-order chi connectivity index (χ0) is 12.3. The van der Waals surface area contributed by atoms with Crippen LogP contribution in [0.4, 0.5) is 4.39 Å². The number of methoxy groups -OCH3 is 1. The van der Waals surface area contributed by atoms with Gasteiger partial charge < -0.3 is 4.74 Å².